The standard InChI is InChI=1S/C14H15ClN4O2/c15-10-4-1-3-9(7-10)13-18-19-14(21-13)16-8-11-5-2-6-12(20)17-11/h1,3-4,7,11H,2,5-6,8H2,(H,16,19)(H,17,20)/t11-/m1/s1. The Hall–Kier alpha value is -2.08. The van der Waals surface area contributed by atoms with Gasteiger partial charge in [0.15, 0.2) is 0 Å². The fraction of sp³-hybridized carbons (Fsp3) is 0.357. The van der Waals surface area contributed by atoms with Crippen molar-refractivity contribution in [3.8, 4) is 11.5 Å². The van der Waals surface area contributed by atoms with Crippen LogP contribution in [0.2, 0.25) is 5.02 Å². The average molecular weight is 307 g/mol. The number of rotatable bonds is 4. The molecule has 0 aliphatic carbocycles. The topological polar surface area (TPSA) is 80.1 Å². The van der Waals surface area contributed by atoms with Crippen molar-refractivity contribution in [3.63, 3.8) is 0 Å². The van der Waals surface area contributed by atoms with Gasteiger partial charge in [0.2, 0.25) is 11.8 Å². The van der Waals surface area contributed by atoms with Crippen LogP contribution < -0.4 is 10.6 Å². The lowest BCUT2D eigenvalue weighted by atomic mass is 10.0. The van der Waals surface area contributed by atoms with E-state index < -0.39 is 0 Å². The molecule has 3 rings (SSSR count). The van der Waals surface area contributed by atoms with Crippen LogP contribution in [-0.2, 0) is 4.79 Å². The number of aromatic nitrogens is 2. The molecule has 21 heavy (non-hydrogen) atoms. The van der Waals surface area contributed by atoms with Gasteiger partial charge in [0.05, 0.1) is 0 Å². The highest BCUT2D eigenvalue weighted by atomic mass is 35.5. The maximum Gasteiger partial charge on any atom is 0.315 e. The summed E-state index contributed by atoms with van der Waals surface area (Å²) in [5, 5.41) is 14.5. The first-order valence-corrected chi connectivity index (χ1v) is 7.21. The third-order valence-corrected chi connectivity index (χ3v) is 3.55. The summed E-state index contributed by atoms with van der Waals surface area (Å²) in [5.74, 6) is 0.505. The van der Waals surface area contributed by atoms with Crippen molar-refractivity contribution in [1.82, 2.24) is 15.5 Å². The highest BCUT2D eigenvalue weighted by Gasteiger charge is 2.18. The number of anilines is 1. The zero-order chi connectivity index (χ0) is 14.7. The smallest absolute Gasteiger partial charge is 0.315 e. The first kappa shape index (κ1) is 13.9. The third-order valence-electron chi connectivity index (χ3n) is 3.32. The number of amides is 1. The minimum Gasteiger partial charge on any atom is -0.403 e. The van der Waals surface area contributed by atoms with E-state index in [0.29, 0.717) is 29.9 Å². The molecule has 6 nitrogen and oxygen atoms in total. The van der Waals surface area contributed by atoms with E-state index in [1.807, 2.05) is 12.1 Å². The maximum absolute atomic E-state index is 11.3. The molecule has 1 atom stereocenters. The number of nitrogens with zero attached hydrogens (tertiary/aromatic N) is 2. The number of carbonyl (C=O) groups is 1. The van der Waals surface area contributed by atoms with E-state index in [-0.39, 0.29) is 11.9 Å². The fourth-order valence-electron chi connectivity index (χ4n) is 2.28. The van der Waals surface area contributed by atoms with Gasteiger partial charge in [0, 0.05) is 29.6 Å². The van der Waals surface area contributed by atoms with Crippen molar-refractivity contribution in [2.75, 3.05) is 11.9 Å². The van der Waals surface area contributed by atoms with Crippen molar-refractivity contribution in [3.05, 3.63) is 29.3 Å². The van der Waals surface area contributed by atoms with Crippen LogP contribution in [0.25, 0.3) is 11.5 Å². The van der Waals surface area contributed by atoms with Crippen LogP contribution in [0.15, 0.2) is 28.7 Å². The van der Waals surface area contributed by atoms with Crippen molar-refractivity contribution < 1.29 is 9.21 Å². The van der Waals surface area contributed by atoms with Gasteiger partial charge >= 0.3 is 6.01 Å². The van der Waals surface area contributed by atoms with Crippen LogP contribution in [0.5, 0.6) is 0 Å². The summed E-state index contributed by atoms with van der Waals surface area (Å²) in [7, 11) is 0. The normalized spacial score (nSPS) is 18.3. The monoisotopic (exact) mass is 306 g/mol. The summed E-state index contributed by atoms with van der Waals surface area (Å²) in [4.78, 5) is 11.3. The van der Waals surface area contributed by atoms with Gasteiger partial charge in [0.25, 0.3) is 0 Å². The van der Waals surface area contributed by atoms with Crippen LogP contribution in [0.1, 0.15) is 19.3 Å². The Kier molecular flexibility index (Phi) is 4.06. The largest absolute Gasteiger partial charge is 0.403 e. The van der Waals surface area contributed by atoms with Crippen molar-refractivity contribution >= 4 is 23.5 Å². The Morgan fingerprint density at radius 3 is 3.14 bits per heavy atom. The molecule has 1 fully saturated rings. The van der Waals surface area contributed by atoms with E-state index >= 15 is 0 Å². The maximum atomic E-state index is 11.3. The van der Waals surface area contributed by atoms with Gasteiger partial charge in [-0.1, -0.05) is 22.8 Å². The lowest BCUT2D eigenvalue weighted by molar-refractivity contribution is -0.123. The quantitative estimate of drug-likeness (QED) is 0.907. The summed E-state index contributed by atoms with van der Waals surface area (Å²) in [5.41, 5.74) is 0.772. The minimum absolute atomic E-state index is 0.0956. The van der Waals surface area contributed by atoms with Crippen molar-refractivity contribution in [1.29, 1.82) is 0 Å². The fourth-order valence-corrected chi connectivity index (χ4v) is 2.47. The molecule has 0 radical (unpaired) electrons. The van der Waals surface area contributed by atoms with Gasteiger partial charge in [-0.25, -0.2) is 0 Å². The number of hydrogen-bond acceptors (Lipinski definition) is 5. The predicted molar refractivity (Wildman–Crippen MR) is 79.0 cm³/mol. The highest BCUT2D eigenvalue weighted by molar-refractivity contribution is 6.30. The Morgan fingerprint density at radius 2 is 2.33 bits per heavy atom. The van der Waals surface area contributed by atoms with Crippen molar-refractivity contribution in [2.45, 2.75) is 25.3 Å². The minimum atomic E-state index is 0.0956. The van der Waals surface area contributed by atoms with Crippen LogP contribution in [0.4, 0.5) is 6.01 Å². The van der Waals surface area contributed by atoms with E-state index in [2.05, 4.69) is 20.8 Å². The van der Waals surface area contributed by atoms with E-state index in [4.69, 9.17) is 16.0 Å². The molecule has 2 heterocycles. The second-order valence-corrected chi connectivity index (χ2v) is 5.40. The Morgan fingerprint density at radius 1 is 1.43 bits per heavy atom. The Labute approximate surface area is 126 Å². The molecule has 1 aromatic heterocycles. The first-order chi connectivity index (χ1) is 10.2. The molecule has 1 aliphatic heterocycles. The van der Waals surface area contributed by atoms with Crippen LogP contribution in [-0.4, -0.2) is 28.7 Å². The van der Waals surface area contributed by atoms with Crippen molar-refractivity contribution in [2.24, 2.45) is 0 Å². The summed E-state index contributed by atoms with van der Waals surface area (Å²) in [6.45, 7) is 0.572. The molecule has 0 spiro atoms. The zero-order valence-corrected chi connectivity index (χ0v) is 12.1. The first-order valence-electron chi connectivity index (χ1n) is 6.83. The van der Waals surface area contributed by atoms with Gasteiger partial charge in [-0.05, 0) is 31.0 Å². The summed E-state index contributed by atoms with van der Waals surface area (Å²) >= 11 is 5.93. The lowest BCUT2D eigenvalue weighted by Crippen LogP contribution is -2.42. The molecule has 1 aromatic carbocycles. The molecule has 0 saturated carbocycles. The van der Waals surface area contributed by atoms with Gasteiger partial charge < -0.3 is 15.1 Å². The van der Waals surface area contributed by atoms with E-state index in [9.17, 15) is 4.79 Å². The summed E-state index contributed by atoms with van der Waals surface area (Å²) < 4.78 is 5.54. The molecule has 0 bridgehead atoms. The molecule has 2 aromatic rings. The molecular weight excluding hydrogens is 292 g/mol. The molecular formula is C14H15ClN4O2. The summed E-state index contributed by atoms with van der Waals surface area (Å²) in [6.07, 6.45) is 2.47. The van der Waals surface area contributed by atoms with Crippen LogP contribution in [0, 0.1) is 0 Å². The Balaban J connectivity index is 1.61. The second kappa shape index (κ2) is 6.13. The number of carbonyl (C=O) groups excluding carboxylic acids is 1. The third kappa shape index (κ3) is 3.52. The molecule has 2 N–H and O–H groups in total. The molecule has 1 aliphatic rings. The Bertz CT molecular complexity index is 643. The van der Waals surface area contributed by atoms with Gasteiger partial charge in [-0.15, -0.1) is 5.10 Å². The zero-order valence-electron chi connectivity index (χ0n) is 11.3. The number of piperidine rings is 1. The van der Waals surface area contributed by atoms with E-state index in [0.717, 1.165) is 18.4 Å². The molecule has 0 unspecified atom stereocenters. The average Bonchev–Trinajstić information content (AvgIpc) is 2.94. The second-order valence-electron chi connectivity index (χ2n) is 4.96. The van der Waals surface area contributed by atoms with E-state index in [1.165, 1.54) is 0 Å². The summed E-state index contributed by atoms with van der Waals surface area (Å²) in [6, 6.07) is 7.67. The number of hydrogen-bond donors (Lipinski definition) is 2. The predicted octanol–water partition coefficient (Wildman–Crippen LogP) is 2.47. The van der Waals surface area contributed by atoms with Crippen LogP contribution in [0.3, 0.4) is 0 Å². The van der Waals surface area contributed by atoms with Gasteiger partial charge in [-0.3, -0.25) is 4.79 Å². The van der Waals surface area contributed by atoms with Gasteiger partial charge in [-0.2, -0.15) is 0 Å². The number of nitrogens with one attached hydrogen (secondary N) is 2. The number of benzene rings is 1. The molecule has 7 heteroatoms. The highest BCUT2D eigenvalue weighted by Crippen LogP contribution is 2.22. The number of halogens is 1. The van der Waals surface area contributed by atoms with E-state index in [1.54, 1.807) is 12.1 Å². The lowest BCUT2D eigenvalue weighted by Gasteiger charge is -2.22. The van der Waals surface area contributed by atoms with Crippen LogP contribution >= 0.6 is 11.6 Å². The molecule has 110 valence electrons. The van der Waals surface area contributed by atoms with Gasteiger partial charge in [0.1, 0.15) is 0 Å². The molecule has 1 amide bonds. The SMILES string of the molecule is O=C1CCC[C@H](CNc2nnc(-c3cccc(Cl)c3)o2)N1. The molecule has 1 saturated heterocycles.